The molecule has 0 saturated carbocycles. The van der Waals surface area contributed by atoms with E-state index in [0.717, 1.165) is 0 Å². The Morgan fingerprint density at radius 2 is 0.944 bits per heavy atom. The van der Waals surface area contributed by atoms with E-state index in [9.17, 15) is 19.8 Å². The van der Waals surface area contributed by atoms with Crippen LogP contribution >= 0.6 is 0 Å². The van der Waals surface area contributed by atoms with E-state index in [1.807, 2.05) is 12.1 Å². The average Bonchev–Trinajstić information content (AvgIpc) is 2.89. The first-order chi connectivity index (χ1) is 17.3. The van der Waals surface area contributed by atoms with Gasteiger partial charge in [-0.15, -0.1) is 0 Å². The lowest BCUT2D eigenvalue weighted by Gasteiger charge is -2.23. The van der Waals surface area contributed by atoms with Gasteiger partial charge in [-0.05, 0) is 38.1 Å². The molecule has 0 aliphatic rings. The van der Waals surface area contributed by atoms with Crippen molar-refractivity contribution in [3.05, 3.63) is 119 Å². The number of carbonyl (C=O) groups is 2. The zero-order chi connectivity index (χ0) is 25.7. The molecule has 4 aromatic rings. The maximum Gasteiger partial charge on any atom is 0.196 e. The van der Waals surface area contributed by atoms with Gasteiger partial charge in [0.25, 0.3) is 0 Å². The summed E-state index contributed by atoms with van der Waals surface area (Å²) in [7, 11) is 0. The number of ketones is 2. The van der Waals surface area contributed by atoms with Gasteiger partial charge in [-0.2, -0.15) is 0 Å². The molecule has 0 aliphatic carbocycles. The second kappa shape index (κ2) is 10.8. The number of ether oxygens (including phenoxy) is 2. The van der Waals surface area contributed by atoms with Crippen LogP contribution in [0, 0.1) is 0 Å². The molecule has 4 aromatic carbocycles. The quantitative estimate of drug-likeness (QED) is 0.293. The Morgan fingerprint density at radius 3 is 1.28 bits per heavy atom. The number of aromatic hydroxyl groups is 2. The van der Waals surface area contributed by atoms with Crippen molar-refractivity contribution in [2.24, 2.45) is 0 Å². The Balaban J connectivity index is 1.40. The third-order valence-corrected chi connectivity index (χ3v) is 5.80. The number of phenols is 2. The van der Waals surface area contributed by atoms with Crippen molar-refractivity contribution < 1.29 is 29.3 Å². The molecule has 0 fully saturated rings. The summed E-state index contributed by atoms with van der Waals surface area (Å²) in [4.78, 5) is 25.2. The third-order valence-electron chi connectivity index (χ3n) is 5.80. The second-order valence-corrected chi connectivity index (χ2v) is 8.39. The molecule has 4 rings (SSSR count). The molecule has 2 N–H and O–H groups in total. The lowest BCUT2D eigenvalue weighted by atomic mass is 10.0. The average molecular weight is 483 g/mol. The highest BCUT2D eigenvalue weighted by atomic mass is 16.5. The SMILES string of the molecule is CC(Oc1ccc(C(=O)c2ccccc2)c(O)c1)C(C)Oc1ccc(C(=O)c2ccccc2)c(O)c1. The highest BCUT2D eigenvalue weighted by Crippen LogP contribution is 2.29. The zero-order valence-electron chi connectivity index (χ0n) is 19.9. The summed E-state index contributed by atoms with van der Waals surface area (Å²) in [5.41, 5.74) is 1.34. The van der Waals surface area contributed by atoms with Gasteiger partial charge in [0, 0.05) is 23.3 Å². The van der Waals surface area contributed by atoms with E-state index in [1.54, 1.807) is 74.5 Å². The predicted octanol–water partition coefficient (Wildman–Crippen LogP) is 5.79. The fourth-order valence-corrected chi connectivity index (χ4v) is 3.66. The van der Waals surface area contributed by atoms with Crippen LogP contribution in [-0.2, 0) is 0 Å². The topological polar surface area (TPSA) is 93.1 Å². The van der Waals surface area contributed by atoms with Gasteiger partial charge in [-0.25, -0.2) is 0 Å². The molecule has 2 unspecified atom stereocenters. The lowest BCUT2D eigenvalue weighted by Crippen LogP contribution is -2.31. The largest absolute Gasteiger partial charge is 0.507 e. The number of hydrogen-bond acceptors (Lipinski definition) is 6. The van der Waals surface area contributed by atoms with Gasteiger partial charge in [-0.3, -0.25) is 9.59 Å². The van der Waals surface area contributed by atoms with E-state index >= 15 is 0 Å². The van der Waals surface area contributed by atoms with E-state index in [1.165, 1.54) is 24.3 Å². The number of carbonyl (C=O) groups excluding carboxylic acids is 2. The molecule has 6 nitrogen and oxygen atoms in total. The van der Waals surface area contributed by atoms with Gasteiger partial charge in [0.1, 0.15) is 35.2 Å². The first-order valence-corrected chi connectivity index (χ1v) is 11.5. The summed E-state index contributed by atoms with van der Waals surface area (Å²) in [6, 6.07) is 26.5. The Morgan fingerprint density at radius 1 is 0.583 bits per heavy atom. The van der Waals surface area contributed by atoms with E-state index < -0.39 is 12.2 Å². The van der Waals surface area contributed by atoms with Crippen molar-refractivity contribution in [3.63, 3.8) is 0 Å². The van der Waals surface area contributed by atoms with Gasteiger partial charge >= 0.3 is 0 Å². The van der Waals surface area contributed by atoms with Gasteiger partial charge in [0.2, 0.25) is 0 Å². The minimum atomic E-state index is -0.437. The van der Waals surface area contributed by atoms with Crippen molar-refractivity contribution in [2.75, 3.05) is 0 Å². The van der Waals surface area contributed by atoms with Crippen molar-refractivity contribution in [3.8, 4) is 23.0 Å². The first-order valence-electron chi connectivity index (χ1n) is 11.5. The van der Waals surface area contributed by atoms with Crippen molar-refractivity contribution >= 4 is 11.6 Å². The van der Waals surface area contributed by atoms with Crippen molar-refractivity contribution in [1.82, 2.24) is 0 Å². The molecule has 0 amide bonds. The van der Waals surface area contributed by atoms with E-state index in [4.69, 9.17) is 9.47 Å². The van der Waals surface area contributed by atoms with Gasteiger partial charge in [-0.1, -0.05) is 60.7 Å². The summed E-state index contributed by atoms with van der Waals surface area (Å²) in [5, 5.41) is 20.8. The van der Waals surface area contributed by atoms with Gasteiger partial charge in [0.05, 0.1) is 11.1 Å². The first kappa shape index (κ1) is 24.5. The van der Waals surface area contributed by atoms with Crippen LogP contribution in [0.5, 0.6) is 23.0 Å². The normalized spacial score (nSPS) is 12.4. The van der Waals surface area contributed by atoms with Crippen molar-refractivity contribution in [2.45, 2.75) is 26.1 Å². The highest BCUT2D eigenvalue weighted by Gasteiger charge is 2.20. The van der Waals surface area contributed by atoms with Crippen LogP contribution < -0.4 is 9.47 Å². The monoisotopic (exact) mass is 482 g/mol. The van der Waals surface area contributed by atoms with E-state index in [-0.39, 0.29) is 34.2 Å². The third kappa shape index (κ3) is 5.55. The Bertz CT molecular complexity index is 1260. The Labute approximate surface area is 209 Å². The molecule has 0 radical (unpaired) electrons. The Kier molecular flexibility index (Phi) is 7.35. The molecule has 0 saturated heterocycles. The van der Waals surface area contributed by atoms with Gasteiger partial charge in [0.15, 0.2) is 11.6 Å². The summed E-state index contributed by atoms with van der Waals surface area (Å²) >= 11 is 0. The molecule has 2 atom stereocenters. The van der Waals surface area contributed by atoms with Gasteiger partial charge < -0.3 is 19.7 Å². The zero-order valence-corrected chi connectivity index (χ0v) is 19.9. The number of phenolic OH excluding ortho intramolecular Hbond substituents is 2. The van der Waals surface area contributed by atoms with Crippen LogP contribution in [0.3, 0.4) is 0 Å². The standard InChI is InChI=1S/C30H26O6/c1-19(35-23-13-15-25(27(31)17-23)29(33)21-9-5-3-6-10-21)20(2)36-24-14-16-26(28(32)18-24)30(34)22-11-7-4-8-12-22/h3-20,31-32H,1-2H3. The van der Waals surface area contributed by atoms with E-state index in [2.05, 4.69) is 0 Å². The second-order valence-electron chi connectivity index (χ2n) is 8.39. The maximum atomic E-state index is 12.6. The van der Waals surface area contributed by atoms with E-state index in [0.29, 0.717) is 22.6 Å². The molecule has 0 bridgehead atoms. The fraction of sp³-hybridized carbons (Fsp3) is 0.133. The van der Waals surface area contributed by atoms with Crippen LogP contribution in [0.2, 0.25) is 0 Å². The Hall–Kier alpha value is -4.58. The summed E-state index contributed by atoms with van der Waals surface area (Å²) in [5.74, 6) is -0.147. The van der Waals surface area contributed by atoms with Crippen LogP contribution in [0.15, 0.2) is 97.1 Å². The minimum absolute atomic E-state index is 0.175. The minimum Gasteiger partial charge on any atom is -0.507 e. The molecule has 0 heterocycles. The van der Waals surface area contributed by atoms with Crippen LogP contribution in [0.25, 0.3) is 0 Å². The van der Waals surface area contributed by atoms with Crippen LogP contribution in [-0.4, -0.2) is 34.0 Å². The van der Waals surface area contributed by atoms with Crippen molar-refractivity contribution in [1.29, 1.82) is 0 Å². The summed E-state index contributed by atoms with van der Waals surface area (Å²) < 4.78 is 11.8. The maximum absolute atomic E-state index is 12.6. The molecule has 182 valence electrons. The van der Waals surface area contributed by atoms with Crippen LogP contribution in [0.1, 0.15) is 45.7 Å². The number of rotatable bonds is 9. The highest BCUT2D eigenvalue weighted by molar-refractivity contribution is 6.11. The molecule has 0 aromatic heterocycles. The summed E-state index contributed by atoms with van der Waals surface area (Å²) in [6.45, 7) is 3.61. The molecular formula is C30H26O6. The number of hydrogen-bond donors (Lipinski definition) is 2. The molecule has 36 heavy (non-hydrogen) atoms. The molecule has 0 aliphatic heterocycles. The smallest absolute Gasteiger partial charge is 0.196 e. The lowest BCUT2D eigenvalue weighted by molar-refractivity contribution is 0.0775. The number of benzene rings is 4. The fourth-order valence-electron chi connectivity index (χ4n) is 3.66. The molecular weight excluding hydrogens is 456 g/mol. The molecule has 0 spiro atoms. The molecule has 6 heteroatoms. The predicted molar refractivity (Wildman–Crippen MR) is 136 cm³/mol. The van der Waals surface area contributed by atoms with Crippen LogP contribution in [0.4, 0.5) is 0 Å². The summed E-state index contributed by atoms with van der Waals surface area (Å²) in [6.07, 6.45) is -0.874.